The Labute approximate surface area is 185 Å². The third-order valence-electron chi connectivity index (χ3n) is 4.77. The van der Waals surface area contributed by atoms with Crippen molar-refractivity contribution in [3.8, 4) is 5.75 Å². The number of hydrogen-bond donors (Lipinski definition) is 2. The molecule has 0 aromatic heterocycles. The molecule has 0 unspecified atom stereocenters. The summed E-state index contributed by atoms with van der Waals surface area (Å²) in [6.45, 7) is 0.0967. The van der Waals surface area contributed by atoms with Crippen LogP contribution in [-0.2, 0) is 0 Å². The van der Waals surface area contributed by atoms with Crippen LogP contribution >= 0.6 is 0 Å². The maximum atomic E-state index is 13.4. The Hall–Kier alpha value is -4.08. The lowest BCUT2D eigenvalue weighted by molar-refractivity contribution is -0.274. The van der Waals surface area contributed by atoms with Gasteiger partial charge in [0, 0.05) is 11.3 Å². The lowest BCUT2D eigenvalue weighted by atomic mass is 10.0. The monoisotopic (exact) mass is 461 g/mol. The van der Waals surface area contributed by atoms with Crippen molar-refractivity contribution < 1.29 is 31.5 Å². The summed E-state index contributed by atoms with van der Waals surface area (Å²) in [6, 6.07) is 15.5. The normalized spacial score (nSPS) is 13.7. The number of halogens is 5. The molecule has 4 rings (SSSR count). The number of carbonyl (C=O) groups excluding carboxylic acids is 1. The SMILES string of the molecule is O=C(Nc1ccc(OC(F)(F)F)cc1)N1CC(c2ccc(F)cc2)=C(c2ccc(F)cc2)N1. The second kappa shape index (κ2) is 8.81. The van der Waals surface area contributed by atoms with Crippen LogP contribution < -0.4 is 15.5 Å². The Morgan fingerprint density at radius 2 is 1.39 bits per heavy atom. The number of rotatable bonds is 4. The van der Waals surface area contributed by atoms with E-state index >= 15 is 0 Å². The molecule has 3 aromatic rings. The van der Waals surface area contributed by atoms with E-state index in [-0.39, 0.29) is 12.2 Å². The molecule has 0 bridgehead atoms. The van der Waals surface area contributed by atoms with Crippen molar-refractivity contribution >= 4 is 23.0 Å². The summed E-state index contributed by atoms with van der Waals surface area (Å²) in [4.78, 5) is 12.8. The number of nitrogens with zero attached hydrogens (tertiary/aromatic N) is 1. The molecule has 1 heterocycles. The molecular formula is C23H16F5N3O2. The number of carbonyl (C=O) groups is 1. The third-order valence-corrected chi connectivity index (χ3v) is 4.77. The molecule has 10 heteroatoms. The zero-order valence-electron chi connectivity index (χ0n) is 16.8. The maximum absolute atomic E-state index is 13.4. The zero-order valence-corrected chi connectivity index (χ0v) is 16.8. The summed E-state index contributed by atoms with van der Waals surface area (Å²) < 4.78 is 67.5. The van der Waals surface area contributed by atoms with E-state index in [1.807, 2.05) is 0 Å². The summed E-state index contributed by atoms with van der Waals surface area (Å²) in [5, 5.41) is 3.82. The molecule has 0 saturated heterocycles. The minimum atomic E-state index is -4.82. The van der Waals surface area contributed by atoms with Crippen LogP contribution in [-0.4, -0.2) is 23.9 Å². The first-order chi connectivity index (χ1) is 15.7. The van der Waals surface area contributed by atoms with Crippen LogP contribution in [0.1, 0.15) is 11.1 Å². The number of nitrogens with one attached hydrogen (secondary N) is 2. The van der Waals surface area contributed by atoms with Gasteiger partial charge in [-0.1, -0.05) is 12.1 Å². The van der Waals surface area contributed by atoms with Gasteiger partial charge in [-0.2, -0.15) is 0 Å². The Bertz CT molecular complexity index is 1120. The third kappa shape index (κ3) is 5.40. The standard InChI is InChI=1S/C23H16F5N3O2/c24-16-5-1-14(2-6-16)20-13-31(30-21(20)15-3-7-17(25)8-4-15)22(32)29-18-9-11-19(12-10-18)33-23(26,27)28/h1-12,30H,13H2,(H,29,32). The predicted octanol–water partition coefficient (Wildman–Crippen LogP) is 5.78. The van der Waals surface area contributed by atoms with E-state index in [9.17, 15) is 26.7 Å². The van der Waals surface area contributed by atoms with Crippen molar-refractivity contribution in [2.45, 2.75) is 6.36 Å². The first-order valence-corrected chi connectivity index (χ1v) is 9.64. The molecule has 0 atom stereocenters. The van der Waals surface area contributed by atoms with E-state index < -0.39 is 29.8 Å². The fourth-order valence-corrected chi connectivity index (χ4v) is 3.27. The van der Waals surface area contributed by atoms with Crippen molar-refractivity contribution in [2.75, 3.05) is 11.9 Å². The molecular weight excluding hydrogens is 445 g/mol. The van der Waals surface area contributed by atoms with Crippen LogP contribution in [0.3, 0.4) is 0 Å². The predicted molar refractivity (Wildman–Crippen MR) is 112 cm³/mol. The van der Waals surface area contributed by atoms with Gasteiger partial charge < -0.3 is 10.1 Å². The second-order valence-electron chi connectivity index (χ2n) is 7.07. The van der Waals surface area contributed by atoms with Gasteiger partial charge >= 0.3 is 12.4 Å². The van der Waals surface area contributed by atoms with Crippen LogP contribution in [0.15, 0.2) is 72.8 Å². The van der Waals surface area contributed by atoms with E-state index in [0.717, 1.165) is 12.1 Å². The summed E-state index contributed by atoms with van der Waals surface area (Å²) in [5.74, 6) is -1.26. The first kappa shape index (κ1) is 22.1. The Morgan fingerprint density at radius 3 is 1.94 bits per heavy atom. The van der Waals surface area contributed by atoms with Crippen molar-refractivity contribution in [2.24, 2.45) is 0 Å². The van der Waals surface area contributed by atoms with Crippen LogP contribution in [0, 0.1) is 11.6 Å². The molecule has 2 amide bonds. The highest BCUT2D eigenvalue weighted by molar-refractivity contribution is 5.98. The molecule has 0 fully saturated rings. The molecule has 3 aromatic carbocycles. The summed E-state index contributed by atoms with van der Waals surface area (Å²) in [6.07, 6.45) is -4.82. The second-order valence-corrected chi connectivity index (χ2v) is 7.07. The number of hydrazine groups is 1. The van der Waals surface area contributed by atoms with E-state index in [2.05, 4.69) is 15.5 Å². The maximum Gasteiger partial charge on any atom is 0.573 e. The van der Waals surface area contributed by atoms with Gasteiger partial charge in [-0.15, -0.1) is 13.2 Å². The molecule has 1 aliphatic heterocycles. The smallest absolute Gasteiger partial charge is 0.406 e. The Balaban J connectivity index is 1.53. The van der Waals surface area contributed by atoms with Gasteiger partial charge in [0.05, 0.1) is 12.2 Å². The molecule has 2 N–H and O–H groups in total. The Kier molecular flexibility index (Phi) is 5.91. The number of ether oxygens (including phenoxy) is 1. The molecule has 1 aliphatic rings. The van der Waals surface area contributed by atoms with Crippen molar-refractivity contribution in [3.05, 3.63) is 95.6 Å². The average molecular weight is 461 g/mol. The Morgan fingerprint density at radius 1 is 0.848 bits per heavy atom. The van der Waals surface area contributed by atoms with E-state index in [1.54, 1.807) is 24.3 Å². The van der Waals surface area contributed by atoms with Gasteiger partial charge in [0.1, 0.15) is 17.4 Å². The van der Waals surface area contributed by atoms with Crippen LogP contribution in [0.5, 0.6) is 5.75 Å². The molecule has 5 nitrogen and oxygen atoms in total. The molecule has 0 spiro atoms. The lowest BCUT2D eigenvalue weighted by Gasteiger charge is -2.19. The average Bonchev–Trinajstić information content (AvgIpc) is 3.21. The van der Waals surface area contributed by atoms with Crippen molar-refractivity contribution in [1.29, 1.82) is 0 Å². The highest BCUT2D eigenvalue weighted by Crippen LogP contribution is 2.31. The van der Waals surface area contributed by atoms with Crippen molar-refractivity contribution in [3.63, 3.8) is 0 Å². The number of amides is 2. The highest BCUT2D eigenvalue weighted by Gasteiger charge is 2.31. The summed E-state index contributed by atoms with van der Waals surface area (Å²) in [5.41, 5.74) is 5.68. The highest BCUT2D eigenvalue weighted by atomic mass is 19.4. The van der Waals surface area contributed by atoms with Crippen molar-refractivity contribution in [1.82, 2.24) is 10.4 Å². The lowest BCUT2D eigenvalue weighted by Crippen LogP contribution is -2.40. The zero-order chi connectivity index (χ0) is 23.6. The number of alkyl halides is 3. The minimum absolute atomic E-state index is 0.0967. The van der Waals surface area contributed by atoms with Crippen LogP contribution in [0.4, 0.5) is 32.4 Å². The fourth-order valence-electron chi connectivity index (χ4n) is 3.27. The fraction of sp³-hybridized carbons (Fsp3) is 0.0870. The van der Waals surface area contributed by atoms with E-state index in [4.69, 9.17) is 0 Å². The van der Waals surface area contributed by atoms with Gasteiger partial charge in [-0.3, -0.25) is 5.43 Å². The van der Waals surface area contributed by atoms with Gasteiger partial charge in [0.15, 0.2) is 0 Å². The molecule has 33 heavy (non-hydrogen) atoms. The molecule has 0 aliphatic carbocycles. The van der Waals surface area contributed by atoms with Gasteiger partial charge in [-0.25, -0.2) is 18.6 Å². The minimum Gasteiger partial charge on any atom is -0.406 e. The van der Waals surface area contributed by atoms with Gasteiger partial charge in [-0.05, 0) is 71.8 Å². The largest absolute Gasteiger partial charge is 0.573 e. The summed E-state index contributed by atoms with van der Waals surface area (Å²) in [7, 11) is 0. The quantitative estimate of drug-likeness (QED) is 0.484. The van der Waals surface area contributed by atoms with Crippen LogP contribution in [0.25, 0.3) is 11.3 Å². The number of urea groups is 1. The first-order valence-electron chi connectivity index (χ1n) is 9.64. The topological polar surface area (TPSA) is 53.6 Å². The van der Waals surface area contributed by atoms with Gasteiger partial charge in [0.2, 0.25) is 0 Å². The summed E-state index contributed by atoms with van der Waals surface area (Å²) >= 11 is 0. The number of benzene rings is 3. The number of anilines is 1. The van der Waals surface area contributed by atoms with E-state index in [1.165, 1.54) is 41.4 Å². The number of hydrogen-bond acceptors (Lipinski definition) is 3. The van der Waals surface area contributed by atoms with Gasteiger partial charge in [0.25, 0.3) is 0 Å². The molecule has 0 saturated carbocycles. The molecule has 170 valence electrons. The van der Waals surface area contributed by atoms with E-state index in [0.29, 0.717) is 22.4 Å². The molecule has 0 radical (unpaired) electrons. The van der Waals surface area contributed by atoms with Crippen LogP contribution in [0.2, 0.25) is 0 Å².